The SMILES string of the molecule is O=C(O)CCN(CCc1ccncc1)C(=O)c1ccccc1-c1ccccc1C(=O)NC1CCCc2ccccc21. The third kappa shape index (κ3) is 6.69. The second-order valence-corrected chi connectivity index (χ2v) is 10.2. The lowest BCUT2D eigenvalue weighted by Crippen LogP contribution is -2.35. The number of hydrogen-bond donors (Lipinski definition) is 2. The molecule has 7 nitrogen and oxygen atoms in total. The van der Waals surface area contributed by atoms with Gasteiger partial charge in [-0.3, -0.25) is 19.4 Å². The Morgan fingerprint density at radius 1 is 0.829 bits per heavy atom. The fraction of sp³-hybridized carbons (Fsp3) is 0.235. The second kappa shape index (κ2) is 13.0. The average molecular weight is 548 g/mol. The molecule has 0 saturated carbocycles. The number of aliphatic carboxylic acids is 1. The van der Waals surface area contributed by atoms with Crippen LogP contribution in [0.1, 0.15) is 62.7 Å². The Kier molecular flexibility index (Phi) is 8.84. The number of benzene rings is 3. The summed E-state index contributed by atoms with van der Waals surface area (Å²) in [5.74, 6) is -1.43. The van der Waals surface area contributed by atoms with Crippen LogP contribution in [0.25, 0.3) is 11.1 Å². The van der Waals surface area contributed by atoms with Gasteiger partial charge in [0.2, 0.25) is 0 Å². The molecule has 4 aromatic rings. The number of carbonyl (C=O) groups is 3. The molecule has 208 valence electrons. The number of aryl methyl sites for hydroxylation is 1. The maximum atomic E-state index is 13.9. The fourth-order valence-corrected chi connectivity index (χ4v) is 5.49. The third-order valence-corrected chi connectivity index (χ3v) is 7.60. The number of carboxylic acid groups (broad SMARTS) is 1. The molecule has 0 spiro atoms. The Bertz CT molecular complexity index is 1540. The molecule has 0 bridgehead atoms. The fourth-order valence-electron chi connectivity index (χ4n) is 5.49. The maximum Gasteiger partial charge on any atom is 0.305 e. The van der Waals surface area contributed by atoms with Crippen LogP contribution in [0.4, 0.5) is 0 Å². The topological polar surface area (TPSA) is 99.6 Å². The normalized spacial score (nSPS) is 14.1. The second-order valence-electron chi connectivity index (χ2n) is 10.2. The molecular formula is C34H33N3O4. The molecule has 7 heteroatoms. The first kappa shape index (κ1) is 27.8. The van der Waals surface area contributed by atoms with Crippen LogP contribution in [-0.2, 0) is 17.6 Å². The van der Waals surface area contributed by atoms with Gasteiger partial charge in [-0.15, -0.1) is 0 Å². The standard InChI is InChI=1S/C34H33N3O4/c38-32(39)19-23-37(22-18-24-16-20-35-21-17-24)34(41)30-14-6-4-12-28(30)27-11-3-5-13-29(27)33(40)36-31-15-7-9-25-8-1-2-10-26(25)31/h1-6,8,10-14,16-17,20-21,31H,7,9,15,18-19,22-23H2,(H,36,40)(H,38,39). The van der Waals surface area contributed by atoms with Crippen molar-refractivity contribution in [2.24, 2.45) is 0 Å². The molecule has 1 unspecified atom stereocenters. The molecule has 0 saturated heterocycles. The number of pyridine rings is 1. The summed E-state index contributed by atoms with van der Waals surface area (Å²) in [6.45, 7) is 0.435. The Balaban J connectivity index is 1.43. The number of nitrogens with one attached hydrogen (secondary N) is 1. The van der Waals surface area contributed by atoms with Crippen LogP contribution in [0.5, 0.6) is 0 Å². The van der Waals surface area contributed by atoms with Gasteiger partial charge in [-0.2, -0.15) is 0 Å². The highest BCUT2D eigenvalue weighted by molar-refractivity contribution is 6.06. The molecule has 41 heavy (non-hydrogen) atoms. The van der Waals surface area contributed by atoms with E-state index in [1.807, 2.05) is 54.6 Å². The molecule has 2 amide bonds. The Morgan fingerprint density at radius 3 is 2.24 bits per heavy atom. The molecule has 1 atom stereocenters. The summed E-state index contributed by atoms with van der Waals surface area (Å²) in [6, 6.07) is 26.5. The van der Waals surface area contributed by atoms with Crippen LogP contribution in [0.15, 0.2) is 97.3 Å². The predicted molar refractivity (Wildman–Crippen MR) is 158 cm³/mol. The van der Waals surface area contributed by atoms with Crippen molar-refractivity contribution in [3.05, 3.63) is 125 Å². The lowest BCUT2D eigenvalue weighted by molar-refractivity contribution is -0.137. The van der Waals surface area contributed by atoms with E-state index < -0.39 is 5.97 Å². The number of aromatic nitrogens is 1. The first-order valence-corrected chi connectivity index (χ1v) is 14.0. The lowest BCUT2D eigenvalue weighted by Gasteiger charge is -2.27. The van der Waals surface area contributed by atoms with Gasteiger partial charge in [0, 0.05) is 36.6 Å². The van der Waals surface area contributed by atoms with E-state index >= 15 is 0 Å². The van der Waals surface area contributed by atoms with Gasteiger partial charge in [0.15, 0.2) is 0 Å². The molecule has 0 radical (unpaired) electrons. The lowest BCUT2D eigenvalue weighted by atomic mass is 9.87. The third-order valence-electron chi connectivity index (χ3n) is 7.60. The Morgan fingerprint density at radius 2 is 1.49 bits per heavy atom. The molecule has 5 rings (SSSR count). The van der Waals surface area contributed by atoms with Crippen molar-refractivity contribution in [1.82, 2.24) is 15.2 Å². The number of amides is 2. The predicted octanol–water partition coefficient (Wildman–Crippen LogP) is 5.72. The van der Waals surface area contributed by atoms with Crippen molar-refractivity contribution in [2.75, 3.05) is 13.1 Å². The summed E-state index contributed by atoms with van der Waals surface area (Å²) in [5, 5.41) is 12.6. The van der Waals surface area contributed by atoms with Crippen molar-refractivity contribution in [1.29, 1.82) is 0 Å². The van der Waals surface area contributed by atoms with Gasteiger partial charge in [-0.05, 0) is 77.8 Å². The molecule has 0 aliphatic heterocycles. The van der Waals surface area contributed by atoms with Crippen LogP contribution in [0.3, 0.4) is 0 Å². The van der Waals surface area contributed by atoms with E-state index in [4.69, 9.17) is 0 Å². The molecule has 0 fully saturated rings. The highest BCUT2D eigenvalue weighted by Crippen LogP contribution is 2.32. The minimum absolute atomic E-state index is 0.0721. The number of hydrogen-bond acceptors (Lipinski definition) is 4. The zero-order chi connectivity index (χ0) is 28.6. The van der Waals surface area contributed by atoms with Gasteiger partial charge >= 0.3 is 5.97 Å². The summed E-state index contributed by atoms with van der Waals surface area (Å²) >= 11 is 0. The van der Waals surface area contributed by atoms with Gasteiger partial charge in [-0.25, -0.2) is 0 Å². The molecular weight excluding hydrogens is 514 g/mol. The monoisotopic (exact) mass is 547 g/mol. The average Bonchev–Trinajstić information content (AvgIpc) is 3.01. The van der Waals surface area contributed by atoms with Crippen LogP contribution in [0.2, 0.25) is 0 Å². The Hall–Kier alpha value is -4.78. The minimum atomic E-state index is -0.966. The van der Waals surface area contributed by atoms with Crippen molar-refractivity contribution >= 4 is 17.8 Å². The first-order chi connectivity index (χ1) is 20.0. The van der Waals surface area contributed by atoms with E-state index in [0.29, 0.717) is 35.2 Å². The van der Waals surface area contributed by atoms with Gasteiger partial charge in [0.25, 0.3) is 11.8 Å². The summed E-state index contributed by atoms with van der Waals surface area (Å²) < 4.78 is 0. The molecule has 1 aromatic heterocycles. The Labute approximate surface area is 239 Å². The number of nitrogens with zero attached hydrogens (tertiary/aromatic N) is 2. The molecule has 1 heterocycles. The highest BCUT2D eigenvalue weighted by atomic mass is 16.4. The van der Waals surface area contributed by atoms with E-state index in [0.717, 1.165) is 30.4 Å². The van der Waals surface area contributed by atoms with Crippen molar-refractivity contribution in [3.63, 3.8) is 0 Å². The largest absolute Gasteiger partial charge is 0.481 e. The zero-order valence-corrected chi connectivity index (χ0v) is 22.8. The highest BCUT2D eigenvalue weighted by Gasteiger charge is 2.25. The van der Waals surface area contributed by atoms with Crippen molar-refractivity contribution in [3.8, 4) is 11.1 Å². The number of carboxylic acids is 1. The minimum Gasteiger partial charge on any atom is -0.481 e. The van der Waals surface area contributed by atoms with Crippen molar-refractivity contribution in [2.45, 2.75) is 38.1 Å². The number of fused-ring (bicyclic) bond motifs is 1. The van der Waals surface area contributed by atoms with Gasteiger partial charge < -0.3 is 15.3 Å². The van der Waals surface area contributed by atoms with E-state index in [1.165, 1.54) is 5.56 Å². The smallest absolute Gasteiger partial charge is 0.305 e. The van der Waals surface area contributed by atoms with E-state index in [9.17, 15) is 19.5 Å². The van der Waals surface area contributed by atoms with E-state index in [2.05, 4.69) is 22.4 Å². The molecule has 3 aromatic carbocycles. The first-order valence-electron chi connectivity index (χ1n) is 14.0. The van der Waals surface area contributed by atoms with Gasteiger partial charge in [-0.1, -0.05) is 60.7 Å². The van der Waals surface area contributed by atoms with Crippen molar-refractivity contribution < 1.29 is 19.5 Å². The van der Waals surface area contributed by atoms with Crippen LogP contribution in [0, 0.1) is 0 Å². The van der Waals surface area contributed by atoms with Crippen LogP contribution < -0.4 is 5.32 Å². The maximum absolute atomic E-state index is 13.9. The van der Waals surface area contributed by atoms with Gasteiger partial charge in [0.1, 0.15) is 0 Å². The summed E-state index contributed by atoms with van der Waals surface area (Å²) in [6.07, 6.45) is 6.69. The number of rotatable bonds is 10. The zero-order valence-electron chi connectivity index (χ0n) is 22.8. The quantitative estimate of drug-likeness (QED) is 0.265. The van der Waals surface area contributed by atoms with E-state index in [-0.39, 0.29) is 30.8 Å². The molecule has 2 N–H and O–H groups in total. The van der Waals surface area contributed by atoms with Gasteiger partial charge in [0.05, 0.1) is 12.5 Å². The molecule has 1 aliphatic carbocycles. The summed E-state index contributed by atoms with van der Waals surface area (Å²) in [7, 11) is 0. The van der Waals surface area contributed by atoms with E-state index in [1.54, 1.807) is 35.5 Å². The molecule has 1 aliphatic rings. The van der Waals surface area contributed by atoms with Crippen LogP contribution in [-0.4, -0.2) is 45.9 Å². The summed E-state index contributed by atoms with van der Waals surface area (Å²) in [4.78, 5) is 44.6. The van der Waals surface area contributed by atoms with Crippen LogP contribution >= 0.6 is 0 Å². The number of carbonyl (C=O) groups excluding carboxylic acids is 2. The summed E-state index contributed by atoms with van der Waals surface area (Å²) in [5.41, 5.74) is 5.64.